The van der Waals surface area contributed by atoms with Crippen LogP contribution in [0, 0.1) is 0 Å². The van der Waals surface area contributed by atoms with Gasteiger partial charge in [-0.2, -0.15) is 0 Å². The Morgan fingerprint density at radius 2 is 1.88 bits per heavy atom. The molecular formula is C14H19NS. The van der Waals surface area contributed by atoms with Crippen molar-refractivity contribution in [1.29, 1.82) is 0 Å². The molecule has 1 fully saturated rings. The van der Waals surface area contributed by atoms with Crippen LogP contribution in [0.5, 0.6) is 0 Å². The molecule has 1 heterocycles. The summed E-state index contributed by atoms with van der Waals surface area (Å²) in [5, 5.41) is 3.73. The van der Waals surface area contributed by atoms with E-state index >= 15 is 0 Å². The molecule has 1 spiro atoms. The van der Waals surface area contributed by atoms with Crippen LogP contribution in [0.1, 0.15) is 37.8 Å². The van der Waals surface area contributed by atoms with Gasteiger partial charge >= 0.3 is 0 Å². The van der Waals surface area contributed by atoms with Gasteiger partial charge in [-0.3, -0.25) is 5.32 Å². The first kappa shape index (κ1) is 10.7. The minimum atomic E-state index is 0.228. The Hall–Kier alpha value is -0.470. The molecule has 2 heteroatoms. The molecule has 2 aliphatic rings. The van der Waals surface area contributed by atoms with Gasteiger partial charge in [-0.15, -0.1) is 11.8 Å². The number of benzene rings is 1. The topological polar surface area (TPSA) is 12.0 Å². The second-order valence-electron chi connectivity index (χ2n) is 5.53. The fourth-order valence-electron chi connectivity index (χ4n) is 3.05. The zero-order valence-electron chi connectivity index (χ0n) is 10.0. The average molecular weight is 233 g/mol. The monoisotopic (exact) mass is 233 g/mol. The molecule has 1 aliphatic heterocycles. The lowest BCUT2D eigenvalue weighted by Crippen LogP contribution is -2.42. The molecule has 0 aromatic heterocycles. The first-order chi connectivity index (χ1) is 7.64. The molecule has 0 saturated carbocycles. The lowest BCUT2D eigenvalue weighted by molar-refractivity contribution is 0.345. The Morgan fingerprint density at radius 1 is 1.12 bits per heavy atom. The standard InChI is InChI=1S/C14H19NS/c1-13(2)7-8-14(15-9-10-16-14)12-6-4-3-5-11(12)13/h3-6,15H,7-10H2,1-2H3. The Kier molecular flexibility index (Phi) is 2.34. The zero-order chi connectivity index (χ0) is 11.2. The summed E-state index contributed by atoms with van der Waals surface area (Å²) in [6.45, 7) is 5.90. The predicted molar refractivity (Wildman–Crippen MR) is 70.8 cm³/mol. The van der Waals surface area contributed by atoms with Gasteiger partial charge in [-0.05, 0) is 29.4 Å². The van der Waals surface area contributed by atoms with Gasteiger partial charge < -0.3 is 0 Å². The zero-order valence-corrected chi connectivity index (χ0v) is 10.9. The van der Waals surface area contributed by atoms with Crippen LogP contribution in [-0.2, 0) is 10.3 Å². The maximum atomic E-state index is 3.73. The van der Waals surface area contributed by atoms with Crippen molar-refractivity contribution in [2.75, 3.05) is 12.3 Å². The highest BCUT2D eigenvalue weighted by atomic mass is 32.2. The van der Waals surface area contributed by atoms with E-state index in [-0.39, 0.29) is 4.87 Å². The summed E-state index contributed by atoms with van der Waals surface area (Å²) >= 11 is 2.10. The Labute approximate surface area is 102 Å². The second-order valence-corrected chi connectivity index (χ2v) is 6.93. The molecule has 1 aliphatic carbocycles. The number of fused-ring (bicyclic) bond motifs is 2. The predicted octanol–water partition coefficient (Wildman–Crippen LogP) is 3.25. The van der Waals surface area contributed by atoms with Crippen LogP contribution in [-0.4, -0.2) is 12.3 Å². The summed E-state index contributed by atoms with van der Waals surface area (Å²) in [5.41, 5.74) is 3.42. The molecule has 1 nitrogen and oxygen atoms in total. The third-order valence-electron chi connectivity index (χ3n) is 4.05. The minimum Gasteiger partial charge on any atom is -0.298 e. The van der Waals surface area contributed by atoms with Crippen LogP contribution in [0.4, 0.5) is 0 Å². The van der Waals surface area contributed by atoms with E-state index in [1.807, 2.05) is 0 Å². The largest absolute Gasteiger partial charge is 0.298 e. The number of nitrogens with one attached hydrogen (secondary N) is 1. The number of hydrogen-bond acceptors (Lipinski definition) is 2. The average Bonchev–Trinajstić information content (AvgIpc) is 2.75. The van der Waals surface area contributed by atoms with E-state index in [9.17, 15) is 0 Å². The van der Waals surface area contributed by atoms with Gasteiger partial charge in [0.1, 0.15) is 0 Å². The van der Waals surface area contributed by atoms with Crippen molar-refractivity contribution in [2.45, 2.75) is 37.0 Å². The van der Waals surface area contributed by atoms with Crippen LogP contribution in [0.2, 0.25) is 0 Å². The lowest BCUT2D eigenvalue weighted by Gasteiger charge is -2.43. The van der Waals surface area contributed by atoms with Crippen LogP contribution >= 0.6 is 11.8 Å². The van der Waals surface area contributed by atoms with E-state index in [2.05, 4.69) is 55.2 Å². The van der Waals surface area contributed by atoms with Crippen molar-refractivity contribution in [1.82, 2.24) is 5.32 Å². The van der Waals surface area contributed by atoms with Crippen molar-refractivity contribution in [2.24, 2.45) is 0 Å². The molecule has 86 valence electrons. The molecule has 1 aromatic rings. The SMILES string of the molecule is CC1(C)CCC2(NCCS2)c2ccccc21. The summed E-state index contributed by atoms with van der Waals surface area (Å²) in [6, 6.07) is 9.00. The summed E-state index contributed by atoms with van der Waals surface area (Å²) in [4.78, 5) is 0.228. The van der Waals surface area contributed by atoms with Crippen molar-refractivity contribution < 1.29 is 0 Å². The van der Waals surface area contributed by atoms with Gasteiger partial charge in [0.05, 0.1) is 4.87 Å². The van der Waals surface area contributed by atoms with Gasteiger partial charge in [0.25, 0.3) is 0 Å². The smallest absolute Gasteiger partial charge is 0.0905 e. The Balaban J connectivity index is 2.15. The van der Waals surface area contributed by atoms with Crippen molar-refractivity contribution >= 4 is 11.8 Å². The van der Waals surface area contributed by atoms with E-state index in [1.54, 1.807) is 5.56 Å². The molecular weight excluding hydrogens is 214 g/mol. The summed E-state index contributed by atoms with van der Waals surface area (Å²) in [5.74, 6) is 1.24. The van der Waals surface area contributed by atoms with E-state index in [0.29, 0.717) is 5.41 Å². The molecule has 16 heavy (non-hydrogen) atoms. The van der Waals surface area contributed by atoms with Crippen LogP contribution in [0.15, 0.2) is 24.3 Å². The first-order valence-electron chi connectivity index (χ1n) is 6.13. The molecule has 1 N–H and O–H groups in total. The third-order valence-corrected chi connectivity index (χ3v) is 5.52. The second kappa shape index (κ2) is 3.51. The molecule has 1 atom stereocenters. The van der Waals surface area contributed by atoms with Gasteiger partial charge in [-0.1, -0.05) is 38.1 Å². The van der Waals surface area contributed by atoms with E-state index < -0.39 is 0 Å². The maximum absolute atomic E-state index is 3.73. The van der Waals surface area contributed by atoms with Crippen molar-refractivity contribution in [3.05, 3.63) is 35.4 Å². The molecule has 1 saturated heterocycles. The van der Waals surface area contributed by atoms with Crippen LogP contribution in [0.3, 0.4) is 0 Å². The quantitative estimate of drug-likeness (QED) is 0.738. The highest BCUT2D eigenvalue weighted by Crippen LogP contribution is 2.51. The fraction of sp³-hybridized carbons (Fsp3) is 0.571. The normalized spacial score (nSPS) is 31.6. The number of hydrogen-bond donors (Lipinski definition) is 1. The van der Waals surface area contributed by atoms with Crippen molar-refractivity contribution in [3.63, 3.8) is 0 Å². The molecule has 0 bridgehead atoms. The number of rotatable bonds is 0. The minimum absolute atomic E-state index is 0.228. The van der Waals surface area contributed by atoms with Gasteiger partial charge in [0.15, 0.2) is 0 Å². The van der Waals surface area contributed by atoms with Crippen LogP contribution < -0.4 is 5.32 Å². The van der Waals surface area contributed by atoms with E-state index in [0.717, 1.165) is 6.54 Å². The van der Waals surface area contributed by atoms with Crippen LogP contribution in [0.25, 0.3) is 0 Å². The molecule has 0 amide bonds. The highest BCUT2D eigenvalue weighted by Gasteiger charge is 2.44. The summed E-state index contributed by atoms with van der Waals surface area (Å²) in [7, 11) is 0. The first-order valence-corrected chi connectivity index (χ1v) is 7.12. The lowest BCUT2D eigenvalue weighted by atomic mass is 9.70. The molecule has 1 unspecified atom stereocenters. The number of thioether (sulfide) groups is 1. The van der Waals surface area contributed by atoms with E-state index in [1.165, 1.54) is 24.2 Å². The maximum Gasteiger partial charge on any atom is 0.0905 e. The fourth-order valence-corrected chi connectivity index (χ4v) is 4.38. The molecule has 1 aromatic carbocycles. The molecule has 0 radical (unpaired) electrons. The highest BCUT2D eigenvalue weighted by molar-refractivity contribution is 8.00. The van der Waals surface area contributed by atoms with Crippen molar-refractivity contribution in [3.8, 4) is 0 Å². The van der Waals surface area contributed by atoms with E-state index in [4.69, 9.17) is 0 Å². The van der Waals surface area contributed by atoms with Gasteiger partial charge in [0, 0.05) is 12.3 Å². The third kappa shape index (κ3) is 1.43. The summed E-state index contributed by atoms with van der Waals surface area (Å²) in [6.07, 6.45) is 2.55. The van der Waals surface area contributed by atoms with Gasteiger partial charge in [0.2, 0.25) is 0 Å². The molecule has 3 rings (SSSR count). The Bertz CT molecular complexity index is 405. The summed E-state index contributed by atoms with van der Waals surface area (Å²) < 4.78 is 0. The van der Waals surface area contributed by atoms with Gasteiger partial charge in [-0.25, -0.2) is 0 Å². The Morgan fingerprint density at radius 3 is 2.56 bits per heavy atom.